The molecule has 0 atom stereocenters. The molecule has 19 heavy (non-hydrogen) atoms. The van der Waals surface area contributed by atoms with Gasteiger partial charge in [0.15, 0.2) is 5.75 Å². The summed E-state index contributed by atoms with van der Waals surface area (Å²) >= 11 is 0. The molecule has 0 aromatic carbocycles. The highest BCUT2D eigenvalue weighted by atomic mass is 16.5. The van der Waals surface area contributed by atoms with Crippen LogP contribution in [0.2, 0.25) is 0 Å². The third kappa shape index (κ3) is 3.79. The molecule has 0 saturated carbocycles. The van der Waals surface area contributed by atoms with E-state index >= 15 is 0 Å². The zero-order valence-corrected chi connectivity index (χ0v) is 11.5. The third-order valence-corrected chi connectivity index (χ3v) is 2.76. The van der Waals surface area contributed by atoms with E-state index in [1.54, 1.807) is 12.4 Å². The van der Waals surface area contributed by atoms with E-state index in [-0.39, 0.29) is 0 Å². The second kappa shape index (κ2) is 6.89. The summed E-state index contributed by atoms with van der Waals surface area (Å²) in [4.78, 5) is 4.15. The fourth-order valence-corrected chi connectivity index (χ4v) is 1.74. The van der Waals surface area contributed by atoms with Gasteiger partial charge in [-0.25, -0.2) is 0 Å². The standard InChI is InChI=1S/C14H20N4O/c1-3-6-15-8-12-9-16-7-5-14(12)19-13-10-17-18(4-2)11-13/h5,7,9-11,15H,3-4,6,8H2,1-2H3. The number of rotatable bonds is 7. The van der Waals surface area contributed by atoms with E-state index in [4.69, 9.17) is 4.74 Å². The molecular weight excluding hydrogens is 240 g/mol. The minimum atomic E-state index is 0.754. The summed E-state index contributed by atoms with van der Waals surface area (Å²) in [5.74, 6) is 1.58. The maximum atomic E-state index is 5.86. The van der Waals surface area contributed by atoms with Crippen molar-refractivity contribution < 1.29 is 4.74 Å². The van der Waals surface area contributed by atoms with Crippen molar-refractivity contribution in [3.8, 4) is 11.5 Å². The number of aryl methyl sites for hydroxylation is 1. The van der Waals surface area contributed by atoms with Gasteiger partial charge in [-0.2, -0.15) is 5.10 Å². The zero-order chi connectivity index (χ0) is 13.5. The normalized spacial score (nSPS) is 10.6. The molecule has 0 spiro atoms. The van der Waals surface area contributed by atoms with Crippen molar-refractivity contribution >= 4 is 0 Å². The summed E-state index contributed by atoms with van der Waals surface area (Å²) in [6.07, 6.45) is 8.31. The number of nitrogens with zero attached hydrogens (tertiary/aromatic N) is 3. The molecule has 2 rings (SSSR count). The van der Waals surface area contributed by atoms with Crippen LogP contribution in [0.4, 0.5) is 0 Å². The van der Waals surface area contributed by atoms with Crippen molar-refractivity contribution in [2.45, 2.75) is 33.4 Å². The minimum Gasteiger partial charge on any atom is -0.454 e. The van der Waals surface area contributed by atoms with Gasteiger partial charge in [0.2, 0.25) is 0 Å². The lowest BCUT2D eigenvalue weighted by Gasteiger charge is -2.09. The third-order valence-electron chi connectivity index (χ3n) is 2.76. The van der Waals surface area contributed by atoms with Gasteiger partial charge in [-0.05, 0) is 26.0 Å². The molecule has 5 heteroatoms. The van der Waals surface area contributed by atoms with Crippen LogP contribution in [-0.4, -0.2) is 21.3 Å². The highest BCUT2D eigenvalue weighted by Gasteiger charge is 2.06. The molecule has 5 nitrogen and oxygen atoms in total. The first-order chi connectivity index (χ1) is 9.33. The van der Waals surface area contributed by atoms with Crippen LogP contribution in [0.3, 0.4) is 0 Å². The fraction of sp³-hybridized carbons (Fsp3) is 0.429. The van der Waals surface area contributed by atoms with E-state index in [1.165, 1.54) is 0 Å². The zero-order valence-electron chi connectivity index (χ0n) is 11.5. The van der Waals surface area contributed by atoms with Gasteiger partial charge in [0.1, 0.15) is 5.75 Å². The van der Waals surface area contributed by atoms with Crippen molar-refractivity contribution in [2.75, 3.05) is 6.54 Å². The van der Waals surface area contributed by atoms with Crippen molar-refractivity contribution in [3.05, 3.63) is 36.4 Å². The molecular formula is C14H20N4O. The van der Waals surface area contributed by atoms with E-state index in [9.17, 15) is 0 Å². The predicted molar refractivity (Wildman–Crippen MR) is 74.2 cm³/mol. The molecule has 0 aliphatic heterocycles. The average Bonchev–Trinajstić information content (AvgIpc) is 2.89. The number of pyridine rings is 1. The number of ether oxygens (including phenoxy) is 1. The molecule has 102 valence electrons. The van der Waals surface area contributed by atoms with Crippen LogP contribution in [0.15, 0.2) is 30.9 Å². The Hall–Kier alpha value is -1.88. The fourth-order valence-electron chi connectivity index (χ4n) is 1.74. The Labute approximate surface area is 113 Å². The number of hydrogen-bond donors (Lipinski definition) is 1. The molecule has 2 aromatic heterocycles. The lowest BCUT2D eigenvalue weighted by Crippen LogP contribution is -2.14. The quantitative estimate of drug-likeness (QED) is 0.777. The number of hydrogen-bond acceptors (Lipinski definition) is 4. The second-order valence-electron chi connectivity index (χ2n) is 4.29. The van der Waals surface area contributed by atoms with Gasteiger partial charge in [-0.3, -0.25) is 9.67 Å². The molecule has 0 fully saturated rings. The van der Waals surface area contributed by atoms with Crippen LogP contribution >= 0.6 is 0 Å². The van der Waals surface area contributed by atoms with Crippen LogP contribution in [-0.2, 0) is 13.1 Å². The average molecular weight is 260 g/mol. The van der Waals surface area contributed by atoms with Gasteiger partial charge in [0.05, 0.1) is 12.4 Å². The van der Waals surface area contributed by atoms with Crippen LogP contribution < -0.4 is 10.1 Å². The maximum absolute atomic E-state index is 5.86. The molecule has 0 aliphatic carbocycles. The van der Waals surface area contributed by atoms with Crippen LogP contribution in [0.1, 0.15) is 25.8 Å². The molecule has 0 bridgehead atoms. The molecule has 0 amide bonds. The smallest absolute Gasteiger partial charge is 0.165 e. The highest BCUT2D eigenvalue weighted by Crippen LogP contribution is 2.23. The Morgan fingerprint density at radius 3 is 2.95 bits per heavy atom. The van der Waals surface area contributed by atoms with Crippen molar-refractivity contribution in [1.29, 1.82) is 0 Å². The monoisotopic (exact) mass is 260 g/mol. The minimum absolute atomic E-state index is 0.754. The lowest BCUT2D eigenvalue weighted by molar-refractivity contribution is 0.470. The summed E-state index contributed by atoms with van der Waals surface area (Å²) in [5, 5.41) is 7.55. The molecule has 0 unspecified atom stereocenters. The summed E-state index contributed by atoms with van der Waals surface area (Å²) in [5.41, 5.74) is 1.06. The molecule has 0 radical (unpaired) electrons. The van der Waals surface area contributed by atoms with Crippen molar-refractivity contribution in [1.82, 2.24) is 20.1 Å². The van der Waals surface area contributed by atoms with E-state index in [2.05, 4.69) is 22.3 Å². The van der Waals surface area contributed by atoms with E-state index in [0.717, 1.165) is 43.1 Å². The number of nitrogens with one attached hydrogen (secondary N) is 1. The molecule has 2 heterocycles. The van der Waals surface area contributed by atoms with Crippen molar-refractivity contribution in [2.24, 2.45) is 0 Å². The number of aromatic nitrogens is 3. The largest absolute Gasteiger partial charge is 0.454 e. The Morgan fingerprint density at radius 1 is 1.32 bits per heavy atom. The molecule has 1 N–H and O–H groups in total. The molecule has 2 aromatic rings. The first-order valence-electron chi connectivity index (χ1n) is 6.67. The van der Waals surface area contributed by atoms with E-state index in [1.807, 2.05) is 30.1 Å². The Bertz CT molecular complexity index is 510. The van der Waals surface area contributed by atoms with Gasteiger partial charge in [0.25, 0.3) is 0 Å². The van der Waals surface area contributed by atoms with E-state index in [0.29, 0.717) is 0 Å². The first-order valence-corrected chi connectivity index (χ1v) is 6.67. The summed E-state index contributed by atoms with van der Waals surface area (Å²) in [6.45, 7) is 6.78. The summed E-state index contributed by atoms with van der Waals surface area (Å²) in [7, 11) is 0. The Balaban J connectivity index is 2.06. The second-order valence-corrected chi connectivity index (χ2v) is 4.29. The maximum Gasteiger partial charge on any atom is 0.165 e. The van der Waals surface area contributed by atoms with Gasteiger partial charge in [-0.15, -0.1) is 0 Å². The first kappa shape index (κ1) is 13.5. The van der Waals surface area contributed by atoms with Gasteiger partial charge in [0, 0.05) is 31.0 Å². The Morgan fingerprint density at radius 2 is 2.21 bits per heavy atom. The molecule has 0 saturated heterocycles. The van der Waals surface area contributed by atoms with Crippen LogP contribution in [0, 0.1) is 0 Å². The van der Waals surface area contributed by atoms with Gasteiger partial charge >= 0.3 is 0 Å². The van der Waals surface area contributed by atoms with E-state index < -0.39 is 0 Å². The highest BCUT2D eigenvalue weighted by molar-refractivity contribution is 5.34. The molecule has 0 aliphatic rings. The topological polar surface area (TPSA) is 52.0 Å². The summed E-state index contributed by atoms with van der Waals surface area (Å²) < 4.78 is 7.70. The SMILES string of the molecule is CCCNCc1cnccc1Oc1cnn(CC)c1. The van der Waals surface area contributed by atoms with Gasteiger partial charge < -0.3 is 10.1 Å². The predicted octanol–water partition coefficient (Wildman–Crippen LogP) is 2.59. The Kier molecular flexibility index (Phi) is 4.92. The summed E-state index contributed by atoms with van der Waals surface area (Å²) in [6, 6.07) is 1.88. The van der Waals surface area contributed by atoms with Gasteiger partial charge in [-0.1, -0.05) is 6.92 Å². The van der Waals surface area contributed by atoms with Crippen LogP contribution in [0.5, 0.6) is 11.5 Å². The lowest BCUT2D eigenvalue weighted by atomic mass is 10.2. The van der Waals surface area contributed by atoms with Crippen LogP contribution in [0.25, 0.3) is 0 Å². The van der Waals surface area contributed by atoms with Crippen molar-refractivity contribution in [3.63, 3.8) is 0 Å².